The molecule has 0 aliphatic carbocycles. The standard InChI is InChI=1S/C10H10Br2O2/c1-10(12,9(13)14)8(11)7-5-3-2-4-6-7/h2-6,8H,1H3,(H,13,14)/t8-,10-/m1/s1. The van der Waals surface area contributed by atoms with Crippen molar-refractivity contribution in [1.82, 2.24) is 0 Å². The zero-order valence-electron chi connectivity index (χ0n) is 7.58. The summed E-state index contributed by atoms with van der Waals surface area (Å²) in [4.78, 5) is 10.7. The van der Waals surface area contributed by atoms with Crippen LogP contribution in [0, 0.1) is 0 Å². The molecule has 1 rings (SSSR count). The Morgan fingerprint density at radius 1 is 1.43 bits per heavy atom. The van der Waals surface area contributed by atoms with Crippen molar-refractivity contribution >= 4 is 37.8 Å². The number of carboxylic acids is 1. The summed E-state index contributed by atoms with van der Waals surface area (Å²) in [5, 5.41) is 9.00. The van der Waals surface area contributed by atoms with E-state index in [2.05, 4.69) is 31.9 Å². The van der Waals surface area contributed by atoms with Crippen LogP contribution in [0.3, 0.4) is 0 Å². The minimum absolute atomic E-state index is 0.256. The van der Waals surface area contributed by atoms with Crippen molar-refractivity contribution < 1.29 is 9.90 Å². The summed E-state index contributed by atoms with van der Waals surface area (Å²) in [5.74, 6) is -0.886. The van der Waals surface area contributed by atoms with E-state index >= 15 is 0 Å². The van der Waals surface area contributed by atoms with Gasteiger partial charge in [0.2, 0.25) is 0 Å². The molecule has 0 fully saturated rings. The summed E-state index contributed by atoms with van der Waals surface area (Å²) in [7, 11) is 0. The molecule has 0 spiro atoms. The second kappa shape index (κ2) is 4.45. The molecule has 0 radical (unpaired) electrons. The van der Waals surface area contributed by atoms with Gasteiger partial charge in [-0.1, -0.05) is 62.2 Å². The third kappa shape index (κ3) is 2.36. The predicted octanol–water partition coefficient (Wildman–Crippen LogP) is 3.36. The zero-order chi connectivity index (χ0) is 10.8. The molecule has 0 amide bonds. The van der Waals surface area contributed by atoms with Gasteiger partial charge in [0.1, 0.15) is 4.32 Å². The minimum Gasteiger partial charge on any atom is -0.480 e. The lowest BCUT2D eigenvalue weighted by molar-refractivity contribution is -0.139. The molecule has 1 aromatic rings. The fraction of sp³-hybridized carbons (Fsp3) is 0.300. The molecule has 2 nitrogen and oxygen atoms in total. The van der Waals surface area contributed by atoms with Gasteiger partial charge in [-0.25, -0.2) is 0 Å². The molecule has 0 saturated carbocycles. The summed E-state index contributed by atoms with van der Waals surface area (Å²) in [6.45, 7) is 1.63. The Bertz CT molecular complexity index is 322. The maximum atomic E-state index is 11.0. The highest BCUT2D eigenvalue weighted by Crippen LogP contribution is 2.40. The van der Waals surface area contributed by atoms with E-state index in [0.29, 0.717) is 0 Å². The van der Waals surface area contributed by atoms with Crippen molar-refractivity contribution in [3.05, 3.63) is 35.9 Å². The number of hydrogen-bond acceptors (Lipinski definition) is 1. The monoisotopic (exact) mass is 320 g/mol. The van der Waals surface area contributed by atoms with Crippen LogP contribution in [0.1, 0.15) is 17.3 Å². The van der Waals surface area contributed by atoms with Gasteiger partial charge in [0, 0.05) is 0 Å². The van der Waals surface area contributed by atoms with Gasteiger partial charge in [0.05, 0.1) is 4.83 Å². The van der Waals surface area contributed by atoms with Crippen LogP contribution in [0.15, 0.2) is 30.3 Å². The molecule has 0 heterocycles. The van der Waals surface area contributed by atoms with Crippen molar-refractivity contribution in [3.8, 4) is 0 Å². The van der Waals surface area contributed by atoms with Gasteiger partial charge in [-0.15, -0.1) is 0 Å². The smallest absolute Gasteiger partial charge is 0.321 e. The molecule has 1 aromatic carbocycles. The van der Waals surface area contributed by atoms with E-state index in [4.69, 9.17) is 5.11 Å². The molecule has 0 unspecified atom stereocenters. The van der Waals surface area contributed by atoms with Crippen molar-refractivity contribution in [2.45, 2.75) is 16.1 Å². The predicted molar refractivity (Wildman–Crippen MR) is 63.1 cm³/mol. The van der Waals surface area contributed by atoms with E-state index in [9.17, 15) is 4.79 Å². The van der Waals surface area contributed by atoms with Crippen molar-refractivity contribution in [2.24, 2.45) is 0 Å². The quantitative estimate of drug-likeness (QED) is 0.867. The summed E-state index contributed by atoms with van der Waals surface area (Å²) in [6, 6.07) is 9.45. The Hall–Kier alpha value is -0.350. The summed E-state index contributed by atoms with van der Waals surface area (Å²) in [6.07, 6.45) is 0. The number of aliphatic carboxylic acids is 1. The highest BCUT2D eigenvalue weighted by Gasteiger charge is 2.38. The zero-order valence-corrected chi connectivity index (χ0v) is 10.7. The average Bonchev–Trinajstić information content (AvgIpc) is 2.17. The van der Waals surface area contributed by atoms with Crippen molar-refractivity contribution in [2.75, 3.05) is 0 Å². The summed E-state index contributed by atoms with van der Waals surface area (Å²) in [5.41, 5.74) is 0.939. The Morgan fingerprint density at radius 2 is 1.93 bits per heavy atom. The second-order valence-electron chi connectivity index (χ2n) is 3.15. The van der Waals surface area contributed by atoms with E-state index < -0.39 is 10.3 Å². The van der Waals surface area contributed by atoms with Crippen LogP contribution >= 0.6 is 31.9 Å². The van der Waals surface area contributed by atoms with Crippen molar-refractivity contribution in [1.29, 1.82) is 0 Å². The van der Waals surface area contributed by atoms with E-state index in [1.165, 1.54) is 0 Å². The number of alkyl halides is 2. The molecule has 0 aliphatic rings. The first-order valence-corrected chi connectivity index (χ1v) is 5.78. The topological polar surface area (TPSA) is 37.3 Å². The van der Waals surface area contributed by atoms with Gasteiger partial charge in [-0.2, -0.15) is 0 Å². The molecule has 0 bridgehead atoms. The Balaban J connectivity index is 2.96. The third-order valence-corrected chi connectivity index (χ3v) is 4.84. The largest absolute Gasteiger partial charge is 0.480 e. The molecule has 0 aliphatic heterocycles. The highest BCUT2D eigenvalue weighted by atomic mass is 79.9. The van der Waals surface area contributed by atoms with Crippen LogP contribution in [0.2, 0.25) is 0 Å². The van der Waals surface area contributed by atoms with Gasteiger partial charge in [0.25, 0.3) is 0 Å². The van der Waals surface area contributed by atoms with Gasteiger partial charge in [-0.3, -0.25) is 4.79 Å². The second-order valence-corrected chi connectivity index (χ2v) is 5.72. The lowest BCUT2D eigenvalue weighted by Crippen LogP contribution is -2.32. The fourth-order valence-corrected chi connectivity index (χ4v) is 1.81. The normalized spacial score (nSPS) is 17.1. The molecule has 76 valence electrons. The number of rotatable bonds is 3. The first kappa shape index (κ1) is 11.7. The molecule has 4 heteroatoms. The lowest BCUT2D eigenvalue weighted by Gasteiger charge is -2.23. The van der Waals surface area contributed by atoms with Crippen LogP contribution in [0.5, 0.6) is 0 Å². The first-order chi connectivity index (χ1) is 6.46. The third-order valence-electron chi connectivity index (χ3n) is 1.99. The van der Waals surface area contributed by atoms with Gasteiger partial charge >= 0.3 is 5.97 Å². The van der Waals surface area contributed by atoms with Crippen LogP contribution in [-0.4, -0.2) is 15.4 Å². The maximum absolute atomic E-state index is 11.0. The molecule has 2 atom stereocenters. The molecule has 14 heavy (non-hydrogen) atoms. The van der Waals surface area contributed by atoms with Gasteiger partial charge < -0.3 is 5.11 Å². The van der Waals surface area contributed by atoms with Crippen LogP contribution in [0.4, 0.5) is 0 Å². The Labute approximate surface area is 99.6 Å². The van der Waals surface area contributed by atoms with Crippen molar-refractivity contribution in [3.63, 3.8) is 0 Å². The van der Waals surface area contributed by atoms with Crippen LogP contribution in [-0.2, 0) is 4.79 Å². The number of benzene rings is 1. The number of carbonyl (C=O) groups is 1. The minimum atomic E-state index is -0.992. The summed E-state index contributed by atoms with van der Waals surface area (Å²) >= 11 is 6.58. The van der Waals surface area contributed by atoms with Gasteiger partial charge in [0.15, 0.2) is 0 Å². The van der Waals surface area contributed by atoms with E-state index in [0.717, 1.165) is 5.56 Å². The maximum Gasteiger partial charge on any atom is 0.321 e. The Kier molecular flexibility index (Phi) is 3.72. The molecule has 0 aromatic heterocycles. The number of carboxylic acid groups (broad SMARTS) is 1. The van der Waals surface area contributed by atoms with Gasteiger partial charge in [-0.05, 0) is 12.5 Å². The molecular weight excluding hydrogens is 312 g/mol. The fourth-order valence-electron chi connectivity index (χ4n) is 1.04. The highest BCUT2D eigenvalue weighted by molar-refractivity contribution is 9.12. The summed E-state index contributed by atoms with van der Waals surface area (Å²) < 4.78 is -0.992. The Morgan fingerprint density at radius 3 is 2.36 bits per heavy atom. The van der Waals surface area contributed by atoms with E-state index in [1.807, 2.05) is 30.3 Å². The van der Waals surface area contributed by atoms with E-state index in [-0.39, 0.29) is 4.83 Å². The molecular formula is C10H10Br2O2. The molecule has 1 N–H and O–H groups in total. The average molecular weight is 322 g/mol. The SMILES string of the molecule is C[C@](Br)(C(=O)O)[C@H](Br)c1ccccc1. The number of halogens is 2. The van der Waals surface area contributed by atoms with Crippen LogP contribution in [0.25, 0.3) is 0 Å². The molecule has 0 saturated heterocycles. The van der Waals surface area contributed by atoms with E-state index in [1.54, 1.807) is 6.92 Å². The lowest BCUT2D eigenvalue weighted by atomic mass is 10.0. The first-order valence-electron chi connectivity index (χ1n) is 4.07. The van der Waals surface area contributed by atoms with Crippen LogP contribution < -0.4 is 0 Å². The number of hydrogen-bond donors (Lipinski definition) is 1.